The Labute approximate surface area is 104 Å². The maximum Gasteiger partial charge on any atom is 0.154 e. The van der Waals surface area contributed by atoms with Gasteiger partial charge in [0.1, 0.15) is 10.8 Å². The van der Waals surface area contributed by atoms with Crippen molar-refractivity contribution < 1.29 is 4.42 Å². The van der Waals surface area contributed by atoms with E-state index in [1.54, 1.807) is 6.07 Å². The molecule has 2 aromatic rings. The summed E-state index contributed by atoms with van der Waals surface area (Å²) in [6.07, 6.45) is 1.91. The number of nitrogens with two attached hydrogens (primary N) is 1. The second-order valence-electron chi connectivity index (χ2n) is 3.82. The van der Waals surface area contributed by atoms with Crippen molar-refractivity contribution in [3.8, 4) is 0 Å². The van der Waals surface area contributed by atoms with Gasteiger partial charge in [-0.3, -0.25) is 0 Å². The lowest BCUT2D eigenvalue weighted by molar-refractivity contribution is 0.475. The first-order valence-corrected chi connectivity index (χ1v) is 6.02. The van der Waals surface area contributed by atoms with Crippen molar-refractivity contribution in [2.24, 2.45) is 5.73 Å². The molecule has 0 saturated carbocycles. The topological polar surface area (TPSA) is 39.2 Å². The van der Waals surface area contributed by atoms with Gasteiger partial charge >= 0.3 is 0 Å². The minimum absolute atomic E-state index is 0.0766. The molecule has 1 unspecified atom stereocenters. The normalized spacial score (nSPS) is 13.2. The number of hydrogen-bond donors (Lipinski definition) is 1. The minimum Gasteiger partial charge on any atom is -0.458 e. The Morgan fingerprint density at radius 1 is 1.38 bits per heavy atom. The number of benzene rings is 1. The number of rotatable bonds is 3. The quantitative estimate of drug-likeness (QED) is 0.877. The molecule has 2 nitrogen and oxygen atoms in total. The third-order valence-corrected chi connectivity index (χ3v) is 3.35. The fourth-order valence-corrected chi connectivity index (χ4v) is 2.06. The van der Waals surface area contributed by atoms with Crippen LogP contribution in [0.4, 0.5) is 0 Å². The van der Waals surface area contributed by atoms with Crippen molar-refractivity contribution in [3.63, 3.8) is 0 Å². The number of fused-ring (bicyclic) bond motifs is 1. The van der Waals surface area contributed by atoms with Gasteiger partial charge in [-0.1, -0.05) is 36.5 Å². The molecular weight excluding hydrogens is 245 g/mol. The van der Waals surface area contributed by atoms with E-state index in [1.165, 1.54) is 0 Å². The first-order chi connectivity index (χ1) is 7.63. The van der Waals surface area contributed by atoms with Crippen LogP contribution in [0.3, 0.4) is 0 Å². The first-order valence-electron chi connectivity index (χ1n) is 5.26. The summed E-state index contributed by atoms with van der Waals surface area (Å²) in [6, 6.07) is 5.50. The lowest BCUT2D eigenvalue weighted by Gasteiger charge is -2.05. The Morgan fingerprint density at radius 3 is 2.81 bits per heavy atom. The van der Waals surface area contributed by atoms with Crippen LogP contribution in [0.15, 0.2) is 22.6 Å². The third-order valence-electron chi connectivity index (χ3n) is 2.56. The van der Waals surface area contributed by atoms with Gasteiger partial charge in [-0.2, -0.15) is 0 Å². The molecule has 0 aliphatic heterocycles. The summed E-state index contributed by atoms with van der Waals surface area (Å²) in [6.45, 7) is 2.09. The lowest BCUT2D eigenvalue weighted by Crippen LogP contribution is -2.08. The van der Waals surface area contributed by atoms with Gasteiger partial charge in [-0.25, -0.2) is 0 Å². The van der Waals surface area contributed by atoms with E-state index in [9.17, 15) is 0 Å². The number of halogens is 2. The molecule has 1 heterocycles. The highest BCUT2D eigenvalue weighted by Gasteiger charge is 2.14. The van der Waals surface area contributed by atoms with Crippen LogP contribution in [-0.2, 0) is 0 Å². The molecule has 2 rings (SSSR count). The van der Waals surface area contributed by atoms with Gasteiger partial charge in [0.15, 0.2) is 5.58 Å². The molecule has 1 atom stereocenters. The second-order valence-corrected chi connectivity index (χ2v) is 4.61. The van der Waals surface area contributed by atoms with E-state index in [-0.39, 0.29) is 6.04 Å². The Kier molecular flexibility index (Phi) is 3.43. The molecular formula is C12H13Cl2NO. The molecule has 4 heteroatoms. The Hall–Kier alpha value is -0.700. The molecule has 0 fully saturated rings. The van der Waals surface area contributed by atoms with Gasteiger partial charge in [0.2, 0.25) is 0 Å². The van der Waals surface area contributed by atoms with E-state index in [4.69, 9.17) is 33.4 Å². The van der Waals surface area contributed by atoms with E-state index in [2.05, 4.69) is 6.92 Å². The summed E-state index contributed by atoms with van der Waals surface area (Å²) in [5, 5.41) is 1.89. The maximum absolute atomic E-state index is 6.05. The molecule has 0 radical (unpaired) electrons. The monoisotopic (exact) mass is 257 g/mol. The smallest absolute Gasteiger partial charge is 0.154 e. The average molecular weight is 258 g/mol. The van der Waals surface area contributed by atoms with E-state index in [0.29, 0.717) is 15.6 Å². The van der Waals surface area contributed by atoms with Crippen molar-refractivity contribution in [1.29, 1.82) is 0 Å². The molecule has 0 spiro atoms. The number of hydrogen-bond acceptors (Lipinski definition) is 2. The SMILES string of the molecule is CCCC(N)c1cc2ccc(Cl)c(Cl)c2o1. The maximum atomic E-state index is 6.05. The molecule has 86 valence electrons. The van der Waals surface area contributed by atoms with Gasteiger partial charge in [-0.15, -0.1) is 0 Å². The fourth-order valence-electron chi connectivity index (χ4n) is 1.70. The van der Waals surface area contributed by atoms with Crippen molar-refractivity contribution in [2.75, 3.05) is 0 Å². The molecule has 0 aliphatic rings. The van der Waals surface area contributed by atoms with Crippen molar-refractivity contribution in [3.05, 3.63) is 34.0 Å². The summed E-state index contributed by atoms with van der Waals surface area (Å²) in [5.74, 6) is 0.765. The molecule has 0 saturated heterocycles. The Bertz CT molecular complexity index is 507. The molecule has 0 aliphatic carbocycles. The Balaban J connectivity index is 2.48. The van der Waals surface area contributed by atoms with Gasteiger partial charge in [-0.05, 0) is 24.6 Å². The molecule has 16 heavy (non-hydrogen) atoms. The largest absolute Gasteiger partial charge is 0.458 e. The predicted octanol–water partition coefficient (Wildman–Crippen LogP) is 4.54. The summed E-state index contributed by atoms with van der Waals surface area (Å²) < 4.78 is 5.65. The molecule has 1 aromatic carbocycles. The standard InChI is InChI=1S/C12H13Cl2NO/c1-2-3-9(15)10-6-7-4-5-8(13)11(14)12(7)16-10/h4-6,9H,2-3,15H2,1H3. The summed E-state index contributed by atoms with van der Waals surface area (Å²) >= 11 is 12.0. The molecule has 0 bridgehead atoms. The second kappa shape index (κ2) is 4.66. The van der Waals surface area contributed by atoms with E-state index < -0.39 is 0 Å². The fraction of sp³-hybridized carbons (Fsp3) is 0.333. The highest BCUT2D eigenvalue weighted by molar-refractivity contribution is 6.44. The van der Waals surface area contributed by atoms with E-state index in [0.717, 1.165) is 24.0 Å². The highest BCUT2D eigenvalue weighted by Crippen LogP contribution is 2.34. The highest BCUT2D eigenvalue weighted by atomic mass is 35.5. The van der Waals surface area contributed by atoms with Crippen molar-refractivity contribution in [1.82, 2.24) is 0 Å². The lowest BCUT2D eigenvalue weighted by atomic mass is 10.1. The summed E-state index contributed by atoms with van der Waals surface area (Å²) in [4.78, 5) is 0. The first kappa shape index (κ1) is 11.8. The van der Waals surface area contributed by atoms with Crippen molar-refractivity contribution >= 4 is 34.2 Å². The average Bonchev–Trinajstić information content (AvgIpc) is 2.69. The molecule has 2 N–H and O–H groups in total. The van der Waals surface area contributed by atoms with Gasteiger partial charge in [0.05, 0.1) is 11.1 Å². The predicted molar refractivity (Wildman–Crippen MR) is 68.1 cm³/mol. The van der Waals surface area contributed by atoms with Crippen LogP contribution in [0.25, 0.3) is 11.0 Å². The third kappa shape index (κ3) is 2.05. The van der Waals surface area contributed by atoms with Gasteiger partial charge < -0.3 is 10.2 Å². The Morgan fingerprint density at radius 2 is 2.12 bits per heavy atom. The number of furan rings is 1. The molecule has 0 amide bonds. The zero-order chi connectivity index (χ0) is 11.7. The van der Waals surface area contributed by atoms with Crippen molar-refractivity contribution in [2.45, 2.75) is 25.8 Å². The summed E-state index contributed by atoms with van der Waals surface area (Å²) in [5.41, 5.74) is 6.61. The van der Waals surface area contributed by atoms with E-state index >= 15 is 0 Å². The zero-order valence-corrected chi connectivity index (χ0v) is 10.5. The molecule has 1 aromatic heterocycles. The summed E-state index contributed by atoms with van der Waals surface area (Å²) in [7, 11) is 0. The van der Waals surface area contributed by atoms with Crippen LogP contribution in [0.1, 0.15) is 31.6 Å². The van der Waals surface area contributed by atoms with Crippen LogP contribution in [0, 0.1) is 0 Å². The van der Waals surface area contributed by atoms with E-state index in [1.807, 2.05) is 12.1 Å². The zero-order valence-electron chi connectivity index (χ0n) is 8.97. The van der Waals surface area contributed by atoms with Gasteiger partial charge in [0, 0.05) is 5.39 Å². The van der Waals surface area contributed by atoms with Crippen LogP contribution < -0.4 is 5.73 Å². The van der Waals surface area contributed by atoms with Crippen LogP contribution >= 0.6 is 23.2 Å². The van der Waals surface area contributed by atoms with Crippen LogP contribution in [0.2, 0.25) is 10.0 Å². The van der Waals surface area contributed by atoms with Gasteiger partial charge in [0.25, 0.3) is 0 Å². The van der Waals surface area contributed by atoms with Crippen LogP contribution in [-0.4, -0.2) is 0 Å². The van der Waals surface area contributed by atoms with Crippen LogP contribution in [0.5, 0.6) is 0 Å². The minimum atomic E-state index is -0.0766.